The first-order valence-electron chi connectivity index (χ1n) is 4.44. The van der Waals surface area contributed by atoms with E-state index in [1.54, 1.807) is 0 Å². The van der Waals surface area contributed by atoms with Crippen molar-refractivity contribution in [3.8, 4) is 5.75 Å². The van der Waals surface area contributed by atoms with E-state index in [2.05, 4.69) is 5.32 Å². The van der Waals surface area contributed by atoms with E-state index in [9.17, 15) is 13.2 Å². The molecule has 0 aliphatic heterocycles. The van der Waals surface area contributed by atoms with E-state index < -0.39 is 12.2 Å². The van der Waals surface area contributed by atoms with Crippen LogP contribution < -0.4 is 10.1 Å². The van der Waals surface area contributed by atoms with Crippen molar-refractivity contribution in [3.63, 3.8) is 0 Å². The van der Waals surface area contributed by atoms with Gasteiger partial charge in [-0.05, 0) is 17.7 Å². The van der Waals surface area contributed by atoms with Gasteiger partial charge in [-0.1, -0.05) is 6.07 Å². The van der Waals surface area contributed by atoms with Crippen molar-refractivity contribution in [2.45, 2.75) is 13.0 Å². The van der Waals surface area contributed by atoms with E-state index in [0.717, 1.165) is 0 Å². The minimum atomic E-state index is -2.38. The molecule has 0 atom stereocenters. The highest BCUT2D eigenvalue weighted by Gasteiger charge is 2.04. The molecule has 0 heterocycles. The number of halogens is 3. The maximum absolute atomic E-state index is 13.0. The van der Waals surface area contributed by atoms with Crippen LogP contribution in [0.25, 0.3) is 0 Å². The summed E-state index contributed by atoms with van der Waals surface area (Å²) in [6.45, 7) is -0.110. The van der Waals surface area contributed by atoms with Gasteiger partial charge in [0.25, 0.3) is 6.43 Å². The number of benzene rings is 1. The molecule has 15 heavy (non-hydrogen) atoms. The van der Waals surface area contributed by atoms with E-state index >= 15 is 0 Å². The zero-order chi connectivity index (χ0) is 11.3. The third-order valence-electron chi connectivity index (χ3n) is 1.84. The molecule has 0 saturated carbocycles. The molecule has 0 aliphatic carbocycles. The summed E-state index contributed by atoms with van der Waals surface area (Å²) in [6.07, 6.45) is -2.38. The summed E-state index contributed by atoms with van der Waals surface area (Å²) in [5.41, 5.74) is 0.703. The Morgan fingerprint density at radius 3 is 2.73 bits per heavy atom. The molecule has 0 amide bonds. The van der Waals surface area contributed by atoms with Gasteiger partial charge in [-0.15, -0.1) is 0 Å². The summed E-state index contributed by atoms with van der Waals surface area (Å²) < 4.78 is 41.3. The number of methoxy groups -OCH3 is 1. The van der Waals surface area contributed by atoms with Crippen LogP contribution in [0.15, 0.2) is 18.2 Å². The number of hydrogen-bond donors (Lipinski definition) is 1. The Morgan fingerprint density at radius 1 is 1.40 bits per heavy atom. The van der Waals surface area contributed by atoms with Gasteiger partial charge in [0.1, 0.15) is 0 Å². The summed E-state index contributed by atoms with van der Waals surface area (Å²) >= 11 is 0. The van der Waals surface area contributed by atoms with Crippen LogP contribution >= 0.6 is 0 Å². The van der Waals surface area contributed by atoms with Gasteiger partial charge in [0.05, 0.1) is 13.7 Å². The Kier molecular flexibility index (Phi) is 4.42. The Hall–Kier alpha value is -1.23. The quantitative estimate of drug-likeness (QED) is 0.819. The van der Waals surface area contributed by atoms with Gasteiger partial charge in [-0.25, -0.2) is 13.2 Å². The number of alkyl halides is 2. The average molecular weight is 219 g/mol. The molecule has 84 valence electrons. The summed E-state index contributed by atoms with van der Waals surface area (Å²) in [7, 11) is 1.36. The third kappa shape index (κ3) is 3.79. The molecule has 1 aromatic rings. The van der Waals surface area contributed by atoms with E-state index in [4.69, 9.17) is 4.74 Å². The van der Waals surface area contributed by atoms with Gasteiger partial charge in [0.2, 0.25) is 0 Å². The second-order valence-corrected chi connectivity index (χ2v) is 2.99. The molecule has 1 N–H and O–H groups in total. The molecule has 0 spiro atoms. The maximum atomic E-state index is 13.0. The highest BCUT2D eigenvalue weighted by Crippen LogP contribution is 2.17. The van der Waals surface area contributed by atoms with Crippen LogP contribution in [0.1, 0.15) is 5.56 Å². The lowest BCUT2D eigenvalue weighted by molar-refractivity contribution is 0.145. The predicted octanol–water partition coefficient (Wildman–Crippen LogP) is 2.19. The molecule has 2 nitrogen and oxygen atoms in total. The number of ether oxygens (including phenoxy) is 1. The maximum Gasteiger partial charge on any atom is 0.250 e. The van der Waals surface area contributed by atoms with Crippen molar-refractivity contribution >= 4 is 0 Å². The monoisotopic (exact) mass is 219 g/mol. The number of nitrogens with one attached hydrogen (secondary N) is 1. The lowest BCUT2D eigenvalue weighted by Gasteiger charge is -2.06. The highest BCUT2D eigenvalue weighted by atomic mass is 19.3. The van der Waals surface area contributed by atoms with Crippen molar-refractivity contribution in [2.24, 2.45) is 0 Å². The Balaban J connectivity index is 2.54. The Morgan fingerprint density at radius 2 is 2.13 bits per heavy atom. The minimum Gasteiger partial charge on any atom is -0.494 e. The van der Waals surface area contributed by atoms with Crippen LogP contribution in [-0.4, -0.2) is 20.1 Å². The molecular formula is C10H12F3NO. The van der Waals surface area contributed by atoms with E-state index in [0.29, 0.717) is 5.56 Å². The number of hydrogen-bond acceptors (Lipinski definition) is 2. The molecule has 0 unspecified atom stereocenters. The second kappa shape index (κ2) is 5.60. The first kappa shape index (κ1) is 11.8. The van der Waals surface area contributed by atoms with Gasteiger partial charge >= 0.3 is 0 Å². The molecule has 0 bridgehead atoms. The summed E-state index contributed by atoms with van der Waals surface area (Å²) in [5.74, 6) is -0.346. The lowest BCUT2D eigenvalue weighted by atomic mass is 10.2. The molecule has 0 aromatic heterocycles. The standard InChI is InChI=1S/C10H12F3NO/c1-15-9-4-7(2-3-8(9)11)5-14-6-10(12)13/h2-4,10,14H,5-6H2,1H3. The van der Waals surface area contributed by atoms with Crippen molar-refractivity contribution in [1.82, 2.24) is 5.32 Å². The molecule has 5 heteroatoms. The van der Waals surface area contributed by atoms with Crippen molar-refractivity contribution in [3.05, 3.63) is 29.6 Å². The highest BCUT2D eigenvalue weighted by molar-refractivity contribution is 5.30. The Labute approximate surface area is 86.1 Å². The molecule has 1 rings (SSSR count). The second-order valence-electron chi connectivity index (χ2n) is 2.99. The fourth-order valence-corrected chi connectivity index (χ4v) is 1.14. The zero-order valence-electron chi connectivity index (χ0n) is 8.27. The van der Waals surface area contributed by atoms with E-state index in [1.807, 2.05) is 0 Å². The fourth-order valence-electron chi connectivity index (χ4n) is 1.14. The van der Waals surface area contributed by atoms with Crippen molar-refractivity contribution in [2.75, 3.05) is 13.7 Å². The predicted molar refractivity (Wildman–Crippen MR) is 50.7 cm³/mol. The molecule has 1 aromatic carbocycles. The van der Waals surface area contributed by atoms with Crippen molar-refractivity contribution in [1.29, 1.82) is 0 Å². The average Bonchev–Trinajstić information content (AvgIpc) is 2.20. The van der Waals surface area contributed by atoms with Crippen LogP contribution in [-0.2, 0) is 6.54 Å². The van der Waals surface area contributed by atoms with Crippen LogP contribution in [0.2, 0.25) is 0 Å². The van der Waals surface area contributed by atoms with Gasteiger partial charge in [0.15, 0.2) is 11.6 Å². The lowest BCUT2D eigenvalue weighted by Crippen LogP contribution is -2.20. The Bertz CT molecular complexity index is 318. The van der Waals surface area contributed by atoms with Gasteiger partial charge in [0, 0.05) is 6.54 Å². The van der Waals surface area contributed by atoms with Crippen LogP contribution in [0, 0.1) is 5.82 Å². The number of rotatable bonds is 5. The first-order chi connectivity index (χ1) is 7.13. The zero-order valence-corrected chi connectivity index (χ0v) is 8.27. The molecule has 0 fully saturated rings. The van der Waals surface area contributed by atoms with E-state index in [1.165, 1.54) is 25.3 Å². The normalized spacial score (nSPS) is 10.7. The molecule has 0 radical (unpaired) electrons. The molecule has 0 aliphatic rings. The largest absolute Gasteiger partial charge is 0.494 e. The summed E-state index contributed by atoms with van der Waals surface area (Å²) in [6, 6.07) is 4.25. The van der Waals surface area contributed by atoms with Crippen molar-refractivity contribution < 1.29 is 17.9 Å². The summed E-state index contributed by atoms with van der Waals surface area (Å²) in [5, 5.41) is 2.54. The smallest absolute Gasteiger partial charge is 0.250 e. The van der Waals surface area contributed by atoms with Crippen LogP contribution in [0.5, 0.6) is 5.75 Å². The first-order valence-corrected chi connectivity index (χ1v) is 4.44. The van der Waals surface area contributed by atoms with Gasteiger partial charge in [-0.3, -0.25) is 0 Å². The van der Waals surface area contributed by atoms with E-state index in [-0.39, 0.29) is 18.8 Å². The summed E-state index contributed by atoms with van der Waals surface area (Å²) in [4.78, 5) is 0. The SMILES string of the molecule is COc1cc(CNCC(F)F)ccc1F. The van der Waals surface area contributed by atoms with Crippen LogP contribution in [0.4, 0.5) is 13.2 Å². The third-order valence-corrected chi connectivity index (χ3v) is 1.84. The molecule has 0 saturated heterocycles. The van der Waals surface area contributed by atoms with Gasteiger partial charge in [-0.2, -0.15) is 0 Å². The van der Waals surface area contributed by atoms with Crippen LogP contribution in [0.3, 0.4) is 0 Å². The molecular weight excluding hydrogens is 207 g/mol. The van der Waals surface area contributed by atoms with Gasteiger partial charge < -0.3 is 10.1 Å². The minimum absolute atomic E-state index is 0.117. The fraction of sp³-hybridized carbons (Fsp3) is 0.400. The topological polar surface area (TPSA) is 21.3 Å².